The van der Waals surface area contributed by atoms with E-state index in [9.17, 15) is 4.79 Å². The van der Waals surface area contributed by atoms with Gasteiger partial charge < -0.3 is 4.57 Å². The molecule has 1 aromatic carbocycles. The molecule has 114 valence electrons. The van der Waals surface area contributed by atoms with Crippen molar-refractivity contribution < 1.29 is 0 Å². The Morgan fingerprint density at radius 3 is 2.38 bits per heavy atom. The minimum absolute atomic E-state index is 0.00557. The Kier molecular flexibility index (Phi) is 6.93. The maximum Gasteiger partial charge on any atom is 0.269 e. The van der Waals surface area contributed by atoms with E-state index in [1.165, 1.54) is 44.7 Å². The van der Waals surface area contributed by atoms with Crippen molar-refractivity contribution in [1.29, 1.82) is 0 Å². The fourth-order valence-corrected chi connectivity index (χ4v) is 2.99. The van der Waals surface area contributed by atoms with E-state index in [0.717, 1.165) is 29.3 Å². The van der Waals surface area contributed by atoms with Crippen LogP contribution >= 0.6 is 15.9 Å². The maximum atomic E-state index is 12.0. The minimum atomic E-state index is 0.00557. The summed E-state index contributed by atoms with van der Waals surface area (Å²) in [7, 11) is 0. The molecule has 0 unspecified atom stereocenters. The van der Waals surface area contributed by atoms with E-state index in [1.54, 1.807) is 0 Å². The van der Waals surface area contributed by atoms with Crippen LogP contribution in [0.5, 0.6) is 0 Å². The molecule has 1 heterocycles. The molecule has 3 nitrogen and oxygen atoms in total. The van der Waals surface area contributed by atoms with Gasteiger partial charge in [-0.05, 0) is 25.0 Å². The number of aryl methyl sites for hydroxylation is 1. The number of halogens is 1. The molecular weight excluding hydrogens is 328 g/mol. The number of para-hydroxylation sites is 2. The molecule has 1 aromatic heterocycles. The number of hydrogen-bond donors (Lipinski definition) is 0. The average molecular weight is 351 g/mol. The number of benzene rings is 1. The molecule has 0 saturated carbocycles. The van der Waals surface area contributed by atoms with E-state index in [4.69, 9.17) is 0 Å². The van der Waals surface area contributed by atoms with Crippen LogP contribution in [0.3, 0.4) is 0 Å². The highest BCUT2D eigenvalue weighted by atomic mass is 79.9. The van der Waals surface area contributed by atoms with Crippen molar-refractivity contribution in [2.45, 2.75) is 51.5 Å². The summed E-state index contributed by atoms with van der Waals surface area (Å²) in [5.74, 6) is 0. The Morgan fingerprint density at radius 1 is 0.952 bits per heavy atom. The Morgan fingerprint density at radius 2 is 1.62 bits per heavy atom. The third-order valence-corrected chi connectivity index (χ3v) is 4.33. The number of nitrogens with zero attached hydrogens (tertiary/aromatic N) is 2. The van der Waals surface area contributed by atoms with Gasteiger partial charge in [0.1, 0.15) is 0 Å². The third-order valence-electron chi connectivity index (χ3n) is 3.77. The first-order chi connectivity index (χ1) is 10.3. The van der Waals surface area contributed by atoms with Gasteiger partial charge in [-0.2, -0.15) is 0 Å². The van der Waals surface area contributed by atoms with Gasteiger partial charge in [0.05, 0.1) is 17.2 Å². The molecule has 2 rings (SSSR count). The van der Waals surface area contributed by atoms with Crippen LogP contribution in [0.25, 0.3) is 11.0 Å². The van der Waals surface area contributed by atoms with Gasteiger partial charge in [-0.1, -0.05) is 60.2 Å². The molecule has 0 amide bonds. The van der Waals surface area contributed by atoms with E-state index in [-0.39, 0.29) is 5.56 Å². The Bertz CT molecular complexity index is 609. The lowest BCUT2D eigenvalue weighted by atomic mass is 10.1. The van der Waals surface area contributed by atoms with Gasteiger partial charge >= 0.3 is 0 Å². The van der Waals surface area contributed by atoms with Crippen LogP contribution in [-0.4, -0.2) is 14.9 Å². The van der Waals surface area contributed by atoms with Crippen LogP contribution in [0, 0.1) is 0 Å². The Balaban J connectivity index is 1.81. The number of aromatic nitrogens is 2. The second kappa shape index (κ2) is 8.98. The standard InChI is InChI=1S/C17H23BrN2O/c18-12-8-4-2-1-3-5-9-13-20-16-11-7-6-10-15(16)19-14-17(20)21/h6-7,10-11,14H,1-5,8-9,12-13H2. The highest BCUT2D eigenvalue weighted by molar-refractivity contribution is 9.09. The number of rotatable bonds is 9. The molecule has 2 aromatic rings. The zero-order valence-corrected chi connectivity index (χ0v) is 14.0. The lowest BCUT2D eigenvalue weighted by Crippen LogP contribution is -2.20. The van der Waals surface area contributed by atoms with Crippen molar-refractivity contribution in [2.75, 3.05) is 5.33 Å². The van der Waals surface area contributed by atoms with E-state index >= 15 is 0 Å². The first kappa shape index (κ1) is 16.2. The highest BCUT2D eigenvalue weighted by Crippen LogP contribution is 2.11. The van der Waals surface area contributed by atoms with Gasteiger partial charge in [0.25, 0.3) is 5.56 Å². The zero-order chi connectivity index (χ0) is 14.9. The van der Waals surface area contributed by atoms with Crippen LogP contribution < -0.4 is 5.56 Å². The summed E-state index contributed by atoms with van der Waals surface area (Å²) < 4.78 is 1.85. The molecule has 21 heavy (non-hydrogen) atoms. The smallest absolute Gasteiger partial charge is 0.269 e. The summed E-state index contributed by atoms with van der Waals surface area (Å²) in [6.07, 6.45) is 10.2. The largest absolute Gasteiger partial charge is 0.305 e. The Hall–Kier alpha value is -1.16. The topological polar surface area (TPSA) is 34.9 Å². The van der Waals surface area contributed by atoms with Crippen LogP contribution in [0.2, 0.25) is 0 Å². The van der Waals surface area contributed by atoms with Gasteiger partial charge in [-0.25, -0.2) is 4.98 Å². The van der Waals surface area contributed by atoms with Crippen LogP contribution in [0.15, 0.2) is 35.3 Å². The molecule has 0 aliphatic rings. The maximum absolute atomic E-state index is 12.0. The van der Waals surface area contributed by atoms with Crippen molar-refractivity contribution in [3.63, 3.8) is 0 Å². The predicted molar refractivity (Wildman–Crippen MR) is 92.1 cm³/mol. The van der Waals surface area contributed by atoms with E-state index in [0.29, 0.717) is 0 Å². The van der Waals surface area contributed by atoms with Crippen molar-refractivity contribution in [3.8, 4) is 0 Å². The summed E-state index contributed by atoms with van der Waals surface area (Å²) in [5.41, 5.74) is 1.85. The second-order valence-electron chi connectivity index (χ2n) is 5.40. The lowest BCUT2D eigenvalue weighted by molar-refractivity contribution is 0.550. The monoisotopic (exact) mass is 350 g/mol. The van der Waals surface area contributed by atoms with Gasteiger partial charge in [0.2, 0.25) is 0 Å². The fourth-order valence-electron chi connectivity index (χ4n) is 2.59. The molecule has 0 fully saturated rings. The summed E-state index contributed by atoms with van der Waals surface area (Å²) in [6.45, 7) is 0.795. The second-order valence-corrected chi connectivity index (χ2v) is 6.19. The first-order valence-corrected chi connectivity index (χ1v) is 8.95. The molecule has 0 aliphatic carbocycles. The normalized spacial score (nSPS) is 11.1. The fraction of sp³-hybridized carbons (Fsp3) is 0.529. The summed E-state index contributed by atoms with van der Waals surface area (Å²) in [6, 6.07) is 7.85. The summed E-state index contributed by atoms with van der Waals surface area (Å²) in [4.78, 5) is 16.2. The summed E-state index contributed by atoms with van der Waals surface area (Å²) >= 11 is 3.46. The molecule has 0 atom stereocenters. The molecule has 0 bridgehead atoms. The summed E-state index contributed by atoms with van der Waals surface area (Å²) in [5, 5.41) is 1.12. The third kappa shape index (κ3) is 4.95. The number of unbranched alkanes of at least 4 members (excludes halogenated alkanes) is 6. The van der Waals surface area contributed by atoms with Crippen molar-refractivity contribution in [1.82, 2.24) is 9.55 Å². The van der Waals surface area contributed by atoms with Crippen LogP contribution in [-0.2, 0) is 6.54 Å². The minimum Gasteiger partial charge on any atom is -0.305 e. The molecule has 0 radical (unpaired) electrons. The van der Waals surface area contributed by atoms with Crippen molar-refractivity contribution in [3.05, 3.63) is 40.8 Å². The van der Waals surface area contributed by atoms with Crippen LogP contribution in [0.4, 0.5) is 0 Å². The molecular formula is C17H23BrN2O. The predicted octanol–water partition coefficient (Wildman–Crippen LogP) is 4.52. The van der Waals surface area contributed by atoms with Crippen molar-refractivity contribution in [2.24, 2.45) is 0 Å². The van der Waals surface area contributed by atoms with E-state index in [2.05, 4.69) is 20.9 Å². The van der Waals surface area contributed by atoms with E-state index in [1.807, 2.05) is 28.8 Å². The molecule has 0 N–H and O–H groups in total. The number of alkyl halides is 1. The SMILES string of the molecule is O=c1cnc2ccccc2n1CCCCCCCCCBr. The zero-order valence-electron chi connectivity index (χ0n) is 12.4. The molecule has 0 spiro atoms. The molecule has 0 saturated heterocycles. The quantitative estimate of drug-likeness (QED) is 0.492. The van der Waals surface area contributed by atoms with Crippen LogP contribution in [0.1, 0.15) is 44.9 Å². The first-order valence-electron chi connectivity index (χ1n) is 7.83. The lowest BCUT2D eigenvalue weighted by Gasteiger charge is -2.09. The van der Waals surface area contributed by atoms with Gasteiger partial charge in [0.15, 0.2) is 0 Å². The van der Waals surface area contributed by atoms with E-state index < -0.39 is 0 Å². The number of hydrogen-bond acceptors (Lipinski definition) is 2. The highest BCUT2D eigenvalue weighted by Gasteiger charge is 2.03. The average Bonchev–Trinajstić information content (AvgIpc) is 2.51. The molecule has 4 heteroatoms. The van der Waals surface area contributed by atoms with Gasteiger partial charge in [-0.3, -0.25) is 4.79 Å². The molecule has 0 aliphatic heterocycles. The van der Waals surface area contributed by atoms with Crippen molar-refractivity contribution >= 4 is 27.0 Å². The Labute approximate surface area is 134 Å². The van der Waals surface area contributed by atoms with Gasteiger partial charge in [-0.15, -0.1) is 0 Å². The van der Waals surface area contributed by atoms with Gasteiger partial charge in [0, 0.05) is 11.9 Å². The number of fused-ring (bicyclic) bond motifs is 1.